The molecule has 3 rings (SSSR count). The van der Waals surface area contributed by atoms with Gasteiger partial charge < -0.3 is 19.9 Å². The van der Waals surface area contributed by atoms with Gasteiger partial charge in [-0.25, -0.2) is 4.68 Å². The Morgan fingerprint density at radius 3 is 2.44 bits per heavy atom. The number of ether oxygens (including phenoxy) is 2. The molecule has 10 heteroatoms. The van der Waals surface area contributed by atoms with Crippen molar-refractivity contribution >= 4 is 5.91 Å². The van der Waals surface area contributed by atoms with E-state index in [1.165, 1.54) is 32.4 Å². The Bertz CT molecular complexity index is 1090. The van der Waals surface area contributed by atoms with Gasteiger partial charge in [0.05, 0.1) is 31.7 Å². The molecule has 0 fully saturated rings. The maximum absolute atomic E-state index is 13.8. The lowest BCUT2D eigenvalue weighted by Gasteiger charge is -2.17. The summed E-state index contributed by atoms with van der Waals surface area (Å²) in [4.78, 5) is 12.6. The Labute approximate surface area is 182 Å². The van der Waals surface area contributed by atoms with Crippen LogP contribution in [-0.2, 0) is 6.18 Å². The summed E-state index contributed by atoms with van der Waals surface area (Å²) in [5.74, 6) is -0.225. The van der Waals surface area contributed by atoms with Crippen molar-refractivity contribution in [3.05, 3.63) is 71.0 Å². The quantitative estimate of drug-likeness (QED) is 0.575. The van der Waals surface area contributed by atoms with E-state index in [0.717, 1.165) is 11.8 Å². The first-order chi connectivity index (χ1) is 15.2. The molecule has 0 radical (unpaired) electrons. The SMILES string of the molecule is COc1ccc(OC)c(C(O)CNC(=O)c2cnn(-c3ccc(C)cc3)c2C(F)(F)F)c1. The van der Waals surface area contributed by atoms with Crippen LogP contribution in [0.3, 0.4) is 0 Å². The van der Waals surface area contributed by atoms with E-state index in [1.54, 1.807) is 31.2 Å². The molecule has 0 aliphatic carbocycles. The van der Waals surface area contributed by atoms with Gasteiger partial charge in [-0.3, -0.25) is 4.79 Å². The van der Waals surface area contributed by atoms with Gasteiger partial charge in [-0.05, 0) is 37.3 Å². The highest BCUT2D eigenvalue weighted by molar-refractivity contribution is 5.95. The number of nitrogens with zero attached hydrogens (tertiary/aromatic N) is 2. The maximum Gasteiger partial charge on any atom is 0.434 e. The van der Waals surface area contributed by atoms with Crippen molar-refractivity contribution < 1.29 is 32.5 Å². The van der Waals surface area contributed by atoms with Gasteiger partial charge in [-0.15, -0.1) is 0 Å². The van der Waals surface area contributed by atoms with Gasteiger partial charge >= 0.3 is 6.18 Å². The number of hydrogen-bond donors (Lipinski definition) is 2. The molecule has 1 atom stereocenters. The third kappa shape index (κ3) is 4.86. The first kappa shape index (κ1) is 23.1. The fraction of sp³-hybridized carbons (Fsp3) is 0.273. The number of carbonyl (C=O) groups excluding carboxylic acids is 1. The van der Waals surface area contributed by atoms with Crippen LogP contribution in [0.15, 0.2) is 48.7 Å². The minimum absolute atomic E-state index is 0.170. The second-order valence-electron chi connectivity index (χ2n) is 6.99. The van der Waals surface area contributed by atoms with E-state index in [9.17, 15) is 23.1 Å². The van der Waals surface area contributed by atoms with E-state index in [-0.39, 0.29) is 12.2 Å². The van der Waals surface area contributed by atoms with Gasteiger partial charge in [-0.2, -0.15) is 18.3 Å². The van der Waals surface area contributed by atoms with Gasteiger partial charge in [0, 0.05) is 12.1 Å². The average Bonchev–Trinajstić information content (AvgIpc) is 3.23. The number of nitrogens with one attached hydrogen (secondary N) is 1. The van der Waals surface area contributed by atoms with Crippen LogP contribution in [0.2, 0.25) is 0 Å². The lowest BCUT2D eigenvalue weighted by molar-refractivity contribution is -0.143. The number of methoxy groups -OCH3 is 2. The molecular formula is C22H22F3N3O4. The lowest BCUT2D eigenvalue weighted by Crippen LogP contribution is -2.30. The molecule has 1 aromatic heterocycles. The molecule has 1 heterocycles. The van der Waals surface area contributed by atoms with Crippen LogP contribution >= 0.6 is 0 Å². The molecule has 3 aromatic rings. The van der Waals surface area contributed by atoms with E-state index in [1.807, 2.05) is 0 Å². The number of amides is 1. The summed E-state index contributed by atoms with van der Waals surface area (Å²) < 4.78 is 52.4. The second-order valence-corrected chi connectivity index (χ2v) is 6.99. The molecule has 0 aliphatic rings. The van der Waals surface area contributed by atoms with Gasteiger partial charge in [0.15, 0.2) is 5.69 Å². The fourth-order valence-corrected chi connectivity index (χ4v) is 3.16. The first-order valence-corrected chi connectivity index (χ1v) is 9.56. The topological polar surface area (TPSA) is 85.6 Å². The molecule has 0 saturated heterocycles. The Morgan fingerprint density at radius 2 is 1.84 bits per heavy atom. The summed E-state index contributed by atoms with van der Waals surface area (Å²) in [6.45, 7) is 1.45. The third-order valence-corrected chi connectivity index (χ3v) is 4.81. The predicted molar refractivity (Wildman–Crippen MR) is 110 cm³/mol. The van der Waals surface area contributed by atoms with Crippen molar-refractivity contribution in [2.75, 3.05) is 20.8 Å². The number of carbonyl (C=O) groups is 1. The summed E-state index contributed by atoms with van der Waals surface area (Å²) in [6.07, 6.45) is -5.22. The maximum atomic E-state index is 13.8. The number of alkyl halides is 3. The summed E-state index contributed by atoms with van der Waals surface area (Å²) in [5.41, 5.74) is -0.494. The van der Waals surface area contributed by atoms with E-state index in [2.05, 4.69) is 10.4 Å². The van der Waals surface area contributed by atoms with Crippen LogP contribution in [0.1, 0.15) is 33.3 Å². The molecule has 0 bridgehead atoms. The largest absolute Gasteiger partial charge is 0.497 e. The highest BCUT2D eigenvalue weighted by Gasteiger charge is 2.40. The van der Waals surface area contributed by atoms with Gasteiger partial charge in [0.2, 0.25) is 0 Å². The fourth-order valence-electron chi connectivity index (χ4n) is 3.16. The normalized spacial score (nSPS) is 12.3. The number of hydrogen-bond acceptors (Lipinski definition) is 5. The van der Waals surface area contributed by atoms with Crippen LogP contribution in [-0.4, -0.2) is 41.6 Å². The van der Waals surface area contributed by atoms with Crippen LogP contribution in [0.4, 0.5) is 13.2 Å². The molecule has 2 N–H and O–H groups in total. The molecule has 1 amide bonds. The standard InChI is InChI=1S/C22H22F3N3O4/c1-13-4-6-14(7-5-13)28-20(22(23,24)25)17(11-27-28)21(30)26-12-18(29)16-10-15(31-2)8-9-19(16)32-3/h4-11,18,29H,12H2,1-3H3,(H,26,30). The summed E-state index contributed by atoms with van der Waals surface area (Å²) in [5, 5.41) is 16.6. The first-order valence-electron chi connectivity index (χ1n) is 9.56. The molecule has 7 nitrogen and oxygen atoms in total. The number of aryl methyl sites for hydroxylation is 1. The van der Waals surface area contributed by atoms with E-state index >= 15 is 0 Å². The van der Waals surface area contributed by atoms with Crippen LogP contribution in [0.25, 0.3) is 5.69 Å². The van der Waals surface area contributed by atoms with Crippen molar-refractivity contribution in [3.63, 3.8) is 0 Å². The number of benzene rings is 2. The zero-order chi connectivity index (χ0) is 23.5. The number of aliphatic hydroxyl groups excluding tert-OH is 1. The molecule has 0 saturated carbocycles. The number of aromatic nitrogens is 2. The molecule has 2 aromatic carbocycles. The minimum atomic E-state index is -4.83. The van der Waals surface area contributed by atoms with Crippen molar-refractivity contribution in [2.45, 2.75) is 19.2 Å². The Kier molecular flexibility index (Phi) is 6.73. The van der Waals surface area contributed by atoms with Gasteiger partial charge in [-0.1, -0.05) is 17.7 Å². The molecule has 32 heavy (non-hydrogen) atoms. The van der Waals surface area contributed by atoms with Gasteiger partial charge in [0.25, 0.3) is 5.91 Å². The molecular weight excluding hydrogens is 427 g/mol. The molecule has 1 unspecified atom stereocenters. The number of rotatable bonds is 7. The molecule has 170 valence electrons. The Hall–Kier alpha value is -3.53. The Balaban J connectivity index is 1.85. The summed E-state index contributed by atoms with van der Waals surface area (Å²) >= 11 is 0. The molecule has 0 spiro atoms. The third-order valence-electron chi connectivity index (χ3n) is 4.81. The minimum Gasteiger partial charge on any atom is -0.497 e. The van der Waals surface area contributed by atoms with Crippen molar-refractivity contribution in [1.82, 2.24) is 15.1 Å². The van der Waals surface area contributed by atoms with Crippen molar-refractivity contribution in [3.8, 4) is 17.2 Å². The number of halogens is 3. The lowest BCUT2D eigenvalue weighted by atomic mass is 10.1. The van der Waals surface area contributed by atoms with Gasteiger partial charge in [0.1, 0.15) is 17.6 Å². The van der Waals surface area contributed by atoms with E-state index in [0.29, 0.717) is 21.7 Å². The van der Waals surface area contributed by atoms with Crippen LogP contribution < -0.4 is 14.8 Å². The van der Waals surface area contributed by atoms with Crippen molar-refractivity contribution in [1.29, 1.82) is 0 Å². The van der Waals surface area contributed by atoms with Crippen molar-refractivity contribution in [2.24, 2.45) is 0 Å². The zero-order valence-corrected chi connectivity index (χ0v) is 17.6. The van der Waals surface area contributed by atoms with E-state index < -0.39 is 29.4 Å². The second kappa shape index (κ2) is 9.31. The molecule has 0 aliphatic heterocycles. The Morgan fingerprint density at radius 1 is 1.16 bits per heavy atom. The highest BCUT2D eigenvalue weighted by atomic mass is 19.4. The summed E-state index contributed by atoms with van der Waals surface area (Å²) in [6, 6.07) is 11.0. The summed E-state index contributed by atoms with van der Waals surface area (Å²) in [7, 11) is 2.86. The van der Waals surface area contributed by atoms with Crippen LogP contribution in [0.5, 0.6) is 11.5 Å². The highest BCUT2D eigenvalue weighted by Crippen LogP contribution is 2.34. The monoisotopic (exact) mass is 449 g/mol. The zero-order valence-electron chi connectivity index (χ0n) is 17.6. The smallest absolute Gasteiger partial charge is 0.434 e. The average molecular weight is 449 g/mol. The van der Waals surface area contributed by atoms with E-state index in [4.69, 9.17) is 9.47 Å². The number of aliphatic hydroxyl groups is 1. The predicted octanol–water partition coefficient (Wildman–Crippen LogP) is 3.68. The van der Waals surface area contributed by atoms with Crippen LogP contribution in [0, 0.1) is 6.92 Å².